The number of H-pyrrole nitrogens is 1. The van der Waals surface area contributed by atoms with E-state index in [1.165, 1.54) is 17.7 Å². The summed E-state index contributed by atoms with van der Waals surface area (Å²) < 4.78 is 0. The topological polar surface area (TPSA) is 37.3 Å². The van der Waals surface area contributed by atoms with E-state index in [0.29, 0.717) is 5.02 Å². The number of quaternary nitrogens is 1. The third-order valence-electron chi connectivity index (χ3n) is 4.49. The highest BCUT2D eigenvalue weighted by Gasteiger charge is 2.16. The molecule has 2 N–H and O–H groups in total. The summed E-state index contributed by atoms with van der Waals surface area (Å²) in [6, 6.07) is 3.65. The Balaban J connectivity index is 2.47. The number of aromatic nitrogens is 1. The van der Waals surface area contributed by atoms with E-state index in [0.717, 1.165) is 47.4 Å². The van der Waals surface area contributed by atoms with Crippen molar-refractivity contribution in [1.82, 2.24) is 4.98 Å². The van der Waals surface area contributed by atoms with Crippen molar-refractivity contribution in [3.63, 3.8) is 0 Å². The van der Waals surface area contributed by atoms with Gasteiger partial charge in [-0.25, -0.2) is 0 Å². The number of nitrogens with one attached hydrogen (secondary N) is 2. The van der Waals surface area contributed by atoms with Gasteiger partial charge in [-0.15, -0.1) is 0 Å². The van der Waals surface area contributed by atoms with E-state index in [2.05, 4.69) is 18.8 Å². The monoisotopic (exact) mass is 321 g/mol. The van der Waals surface area contributed by atoms with Crippen LogP contribution in [0.15, 0.2) is 16.9 Å². The van der Waals surface area contributed by atoms with E-state index >= 15 is 0 Å². The van der Waals surface area contributed by atoms with Gasteiger partial charge in [-0.05, 0) is 44.9 Å². The highest BCUT2D eigenvalue weighted by Crippen LogP contribution is 2.22. The zero-order valence-corrected chi connectivity index (χ0v) is 14.7. The molecule has 0 aliphatic heterocycles. The second-order valence-electron chi connectivity index (χ2n) is 6.04. The maximum Gasteiger partial charge on any atom is 0.198 e. The molecule has 1 unspecified atom stereocenters. The Morgan fingerprint density at radius 2 is 1.95 bits per heavy atom. The molecule has 0 radical (unpaired) electrons. The molecule has 0 bridgehead atoms. The van der Waals surface area contributed by atoms with Gasteiger partial charge >= 0.3 is 0 Å². The maximum atomic E-state index is 12.9. The summed E-state index contributed by atoms with van der Waals surface area (Å²) in [5.74, 6) is 0. The van der Waals surface area contributed by atoms with Gasteiger partial charge in [0.2, 0.25) is 0 Å². The summed E-state index contributed by atoms with van der Waals surface area (Å²) in [6.07, 6.45) is 2.39. The Bertz CT molecular complexity index is 721. The molecule has 1 heterocycles. The first-order valence-corrected chi connectivity index (χ1v) is 8.51. The number of benzene rings is 1. The molecule has 0 saturated carbocycles. The van der Waals surface area contributed by atoms with Crippen LogP contribution in [0.25, 0.3) is 10.9 Å². The third kappa shape index (κ3) is 3.36. The Labute approximate surface area is 137 Å². The Morgan fingerprint density at radius 3 is 2.59 bits per heavy atom. The van der Waals surface area contributed by atoms with Crippen molar-refractivity contribution in [2.45, 2.75) is 47.1 Å². The lowest BCUT2D eigenvalue weighted by atomic mass is 10.1. The number of fused-ring (bicyclic) bond motifs is 1. The molecule has 0 amide bonds. The maximum absolute atomic E-state index is 12.9. The Hall–Kier alpha value is -1.32. The summed E-state index contributed by atoms with van der Waals surface area (Å²) in [6.45, 7) is 11.3. The van der Waals surface area contributed by atoms with Crippen molar-refractivity contribution in [1.29, 1.82) is 0 Å². The molecular formula is C18H26ClN2O+. The number of rotatable bonds is 6. The van der Waals surface area contributed by atoms with Crippen LogP contribution >= 0.6 is 11.6 Å². The molecule has 1 aromatic heterocycles. The van der Waals surface area contributed by atoms with Crippen LogP contribution in [0, 0.1) is 13.8 Å². The normalized spacial score (nSPS) is 12.8. The van der Waals surface area contributed by atoms with Crippen LogP contribution in [-0.2, 0) is 6.54 Å². The smallest absolute Gasteiger partial charge is 0.198 e. The second kappa shape index (κ2) is 7.30. The van der Waals surface area contributed by atoms with Crippen LogP contribution < -0.4 is 10.3 Å². The zero-order chi connectivity index (χ0) is 16.3. The fraction of sp³-hybridized carbons (Fsp3) is 0.500. The molecule has 2 rings (SSSR count). The number of aryl methyl sites for hydroxylation is 2. The predicted octanol–water partition coefficient (Wildman–Crippen LogP) is 3.00. The average molecular weight is 322 g/mol. The Kier molecular flexibility index (Phi) is 5.65. The van der Waals surface area contributed by atoms with Crippen LogP contribution in [-0.4, -0.2) is 18.1 Å². The van der Waals surface area contributed by atoms with Gasteiger partial charge in [0.25, 0.3) is 0 Å². The summed E-state index contributed by atoms with van der Waals surface area (Å²) >= 11 is 6.17. The molecule has 3 nitrogen and oxygen atoms in total. The number of aromatic amines is 1. The molecule has 0 spiro atoms. The minimum atomic E-state index is 0.147. The van der Waals surface area contributed by atoms with E-state index in [9.17, 15) is 4.79 Å². The summed E-state index contributed by atoms with van der Waals surface area (Å²) in [7, 11) is 0. The van der Waals surface area contributed by atoms with Crippen molar-refractivity contribution in [3.05, 3.63) is 44.2 Å². The number of hydrogen-bond donors (Lipinski definition) is 2. The first-order valence-electron chi connectivity index (χ1n) is 8.13. The largest absolute Gasteiger partial charge is 0.358 e. The molecular weight excluding hydrogens is 296 g/mol. The van der Waals surface area contributed by atoms with E-state index in [4.69, 9.17) is 11.6 Å². The van der Waals surface area contributed by atoms with Crippen molar-refractivity contribution in [2.75, 3.05) is 13.1 Å². The Morgan fingerprint density at radius 1 is 1.23 bits per heavy atom. The molecule has 2 aromatic rings. The van der Waals surface area contributed by atoms with Crippen molar-refractivity contribution in [3.8, 4) is 0 Å². The van der Waals surface area contributed by atoms with Crippen LogP contribution in [0.5, 0.6) is 0 Å². The van der Waals surface area contributed by atoms with Crippen molar-refractivity contribution < 1.29 is 4.90 Å². The van der Waals surface area contributed by atoms with Crippen LogP contribution in [0.4, 0.5) is 0 Å². The van der Waals surface area contributed by atoms with E-state index in [-0.39, 0.29) is 5.43 Å². The lowest BCUT2D eigenvalue weighted by molar-refractivity contribution is -0.912. The molecule has 1 atom stereocenters. The van der Waals surface area contributed by atoms with Crippen LogP contribution in [0.2, 0.25) is 5.02 Å². The fourth-order valence-corrected chi connectivity index (χ4v) is 3.07. The standard InChI is InChI=1S/C18H25ClN2O/c1-5-7-10-21(6-2)11-15-13(4)20-17-12(3)16(19)9-8-14(17)18(15)22/h8-9H,5-7,10-11H2,1-4H3,(H,20,22)/p+1. The molecule has 4 heteroatoms. The van der Waals surface area contributed by atoms with Gasteiger partial charge in [-0.3, -0.25) is 4.79 Å². The lowest BCUT2D eigenvalue weighted by Crippen LogP contribution is -3.10. The van der Waals surface area contributed by atoms with Crippen LogP contribution in [0.3, 0.4) is 0 Å². The van der Waals surface area contributed by atoms with Gasteiger partial charge in [0.1, 0.15) is 6.54 Å². The van der Waals surface area contributed by atoms with Crippen LogP contribution in [0.1, 0.15) is 43.5 Å². The second-order valence-corrected chi connectivity index (χ2v) is 6.44. The lowest BCUT2D eigenvalue weighted by Gasteiger charge is -2.19. The summed E-state index contributed by atoms with van der Waals surface area (Å²) in [5, 5.41) is 1.44. The first kappa shape index (κ1) is 17.0. The van der Waals surface area contributed by atoms with Gasteiger partial charge < -0.3 is 9.88 Å². The minimum Gasteiger partial charge on any atom is -0.358 e. The molecule has 1 aromatic carbocycles. The quantitative estimate of drug-likeness (QED) is 0.843. The third-order valence-corrected chi connectivity index (χ3v) is 4.90. The fourth-order valence-electron chi connectivity index (χ4n) is 2.91. The predicted molar refractivity (Wildman–Crippen MR) is 94.0 cm³/mol. The van der Waals surface area contributed by atoms with E-state index < -0.39 is 0 Å². The van der Waals surface area contributed by atoms with E-state index in [1.807, 2.05) is 26.0 Å². The number of pyridine rings is 1. The first-order chi connectivity index (χ1) is 10.5. The van der Waals surface area contributed by atoms with Gasteiger partial charge in [-0.2, -0.15) is 0 Å². The molecule has 0 aliphatic carbocycles. The molecule has 0 aliphatic rings. The summed E-state index contributed by atoms with van der Waals surface area (Å²) in [4.78, 5) is 17.7. The van der Waals surface area contributed by atoms with Gasteiger partial charge in [0.05, 0.1) is 24.2 Å². The number of unbranched alkanes of at least 4 members (excludes halogenated alkanes) is 1. The van der Waals surface area contributed by atoms with Gasteiger partial charge in [-0.1, -0.05) is 24.9 Å². The molecule has 0 fully saturated rings. The highest BCUT2D eigenvalue weighted by atomic mass is 35.5. The van der Waals surface area contributed by atoms with Gasteiger partial charge in [0, 0.05) is 16.1 Å². The molecule has 0 saturated heterocycles. The number of halogens is 1. The SMILES string of the molecule is CCCC[NH+](CC)Cc1c(C)[nH]c2c(C)c(Cl)ccc2c1=O. The van der Waals surface area contributed by atoms with Crippen molar-refractivity contribution >= 4 is 22.5 Å². The van der Waals surface area contributed by atoms with Gasteiger partial charge in [0.15, 0.2) is 5.43 Å². The average Bonchev–Trinajstić information content (AvgIpc) is 2.50. The highest BCUT2D eigenvalue weighted by molar-refractivity contribution is 6.32. The molecule has 120 valence electrons. The summed E-state index contributed by atoms with van der Waals surface area (Å²) in [5.41, 5.74) is 3.82. The van der Waals surface area contributed by atoms with Crippen molar-refractivity contribution in [2.24, 2.45) is 0 Å². The molecule has 22 heavy (non-hydrogen) atoms. The minimum absolute atomic E-state index is 0.147. The van der Waals surface area contributed by atoms with E-state index in [1.54, 1.807) is 0 Å². The number of hydrogen-bond acceptors (Lipinski definition) is 1. The zero-order valence-electron chi connectivity index (χ0n) is 14.0.